The highest BCUT2D eigenvalue weighted by Gasteiger charge is 2.32. The number of aromatic nitrogens is 3. The summed E-state index contributed by atoms with van der Waals surface area (Å²) in [5.41, 5.74) is -0.938. The van der Waals surface area contributed by atoms with Crippen molar-refractivity contribution >= 4 is 21.9 Å². The quantitative estimate of drug-likeness (QED) is 0.754. The Bertz CT molecular complexity index is 703. The van der Waals surface area contributed by atoms with E-state index in [0.29, 0.717) is 12.6 Å². The Kier molecular flexibility index (Phi) is 5.41. The smallest absolute Gasteiger partial charge is 0.433 e. The molecule has 0 spiro atoms. The molecule has 0 aromatic carbocycles. The highest BCUT2D eigenvalue weighted by molar-refractivity contribution is 9.10. The van der Waals surface area contributed by atoms with Crippen molar-refractivity contribution < 1.29 is 17.9 Å². The second-order valence-corrected chi connectivity index (χ2v) is 6.73. The lowest BCUT2D eigenvalue weighted by Gasteiger charge is -2.31. The van der Waals surface area contributed by atoms with Crippen molar-refractivity contribution in [2.75, 3.05) is 24.6 Å². The van der Waals surface area contributed by atoms with Gasteiger partial charge in [-0.05, 0) is 40.8 Å². The van der Waals surface area contributed by atoms with Gasteiger partial charge in [0.2, 0.25) is 5.95 Å². The van der Waals surface area contributed by atoms with Gasteiger partial charge in [0.05, 0.1) is 11.1 Å². The molecule has 9 heteroatoms. The first-order valence-electron chi connectivity index (χ1n) is 7.80. The summed E-state index contributed by atoms with van der Waals surface area (Å²) in [4.78, 5) is 14.0. The van der Waals surface area contributed by atoms with Gasteiger partial charge in [0.15, 0.2) is 0 Å². The third kappa shape index (κ3) is 4.81. The zero-order valence-electron chi connectivity index (χ0n) is 13.2. The number of rotatable bonds is 4. The number of piperidine rings is 1. The normalized spacial score (nSPS) is 16.1. The highest BCUT2D eigenvalue weighted by atomic mass is 79.9. The number of ether oxygens (including phenoxy) is 1. The molecule has 25 heavy (non-hydrogen) atoms. The van der Waals surface area contributed by atoms with Crippen LogP contribution in [-0.2, 0) is 6.18 Å². The molecule has 0 atom stereocenters. The molecular formula is C16H16BrF3N4O. The average Bonchev–Trinajstić information content (AvgIpc) is 2.61. The highest BCUT2D eigenvalue weighted by Crippen LogP contribution is 2.30. The Morgan fingerprint density at radius 1 is 1.16 bits per heavy atom. The Morgan fingerprint density at radius 2 is 1.84 bits per heavy atom. The second-order valence-electron chi connectivity index (χ2n) is 5.82. The van der Waals surface area contributed by atoms with Gasteiger partial charge in [0.1, 0.15) is 11.4 Å². The SMILES string of the molecule is FC(F)(F)c1cc(OCC2CCN(c3ncc(Br)cn3)CC2)ccn1. The van der Waals surface area contributed by atoms with E-state index in [4.69, 9.17) is 4.74 Å². The molecule has 134 valence electrons. The molecule has 5 nitrogen and oxygen atoms in total. The Balaban J connectivity index is 1.50. The van der Waals surface area contributed by atoms with E-state index in [1.807, 2.05) is 0 Å². The number of pyridine rings is 1. The van der Waals surface area contributed by atoms with Crippen molar-refractivity contribution in [1.82, 2.24) is 15.0 Å². The van der Waals surface area contributed by atoms with Crippen LogP contribution in [0.25, 0.3) is 0 Å². The van der Waals surface area contributed by atoms with Crippen LogP contribution in [0.4, 0.5) is 19.1 Å². The zero-order valence-corrected chi connectivity index (χ0v) is 14.8. The van der Waals surface area contributed by atoms with Crippen LogP contribution in [0, 0.1) is 5.92 Å². The van der Waals surface area contributed by atoms with Crippen LogP contribution in [0.15, 0.2) is 35.2 Å². The Hall–Kier alpha value is -1.90. The molecule has 1 aliphatic rings. The first kappa shape index (κ1) is 17.9. The van der Waals surface area contributed by atoms with Crippen molar-refractivity contribution in [2.24, 2.45) is 5.92 Å². The van der Waals surface area contributed by atoms with Crippen LogP contribution >= 0.6 is 15.9 Å². The molecule has 1 fully saturated rings. The van der Waals surface area contributed by atoms with E-state index in [2.05, 4.69) is 35.8 Å². The molecular weight excluding hydrogens is 401 g/mol. The number of halogens is 4. The number of alkyl halides is 3. The molecule has 0 N–H and O–H groups in total. The summed E-state index contributed by atoms with van der Waals surface area (Å²) in [7, 11) is 0. The molecule has 0 radical (unpaired) electrons. The van der Waals surface area contributed by atoms with Crippen molar-refractivity contribution in [3.8, 4) is 5.75 Å². The summed E-state index contributed by atoms with van der Waals surface area (Å²) in [5, 5.41) is 0. The van der Waals surface area contributed by atoms with E-state index in [0.717, 1.165) is 42.7 Å². The van der Waals surface area contributed by atoms with Crippen molar-refractivity contribution in [2.45, 2.75) is 19.0 Å². The summed E-state index contributed by atoms with van der Waals surface area (Å²) in [5.74, 6) is 1.17. The number of nitrogens with zero attached hydrogens (tertiary/aromatic N) is 4. The maximum atomic E-state index is 12.7. The van der Waals surface area contributed by atoms with Crippen molar-refractivity contribution in [1.29, 1.82) is 0 Å². The molecule has 1 aliphatic heterocycles. The van der Waals surface area contributed by atoms with Gasteiger partial charge in [0.25, 0.3) is 0 Å². The van der Waals surface area contributed by atoms with Crippen LogP contribution in [0.1, 0.15) is 18.5 Å². The minimum absolute atomic E-state index is 0.195. The van der Waals surface area contributed by atoms with Gasteiger partial charge in [0, 0.05) is 37.7 Å². The van der Waals surface area contributed by atoms with E-state index in [9.17, 15) is 13.2 Å². The molecule has 3 rings (SSSR count). The minimum atomic E-state index is -4.46. The molecule has 0 saturated carbocycles. The van der Waals surface area contributed by atoms with E-state index >= 15 is 0 Å². The molecule has 0 aliphatic carbocycles. The third-order valence-electron chi connectivity index (χ3n) is 4.01. The first-order chi connectivity index (χ1) is 11.9. The second kappa shape index (κ2) is 7.55. The number of hydrogen-bond donors (Lipinski definition) is 0. The van der Waals surface area contributed by atoms with E-state index in [1.54, 1.807) is 12.4 Å². The van der Waals surface area contributed by atoms with Gasteiger partial charge < -0.3 is 9.64 Å². The van der Waals surface area contributed by atoms with E-state index in [1.165, 1.54) is 6.07 Å². The maximum Gasteiger partial charge on any atom is 0.433 e. The topological polar surface area (TPSA) is 51.1 Å². The summed E-state index contributed by atoms with van der Waals surface area (Å²) < 4.78 is 44.3. The molecule has 1 saturated heterocycles. The van der Waals surface area contributed by atoms with Crippen LogP contribution in [0.3, 0.4) is 0 Å². The molecule has 0 bridgehead atoms. The van der Waals surface area contributed by atoms with Crippen LogP contribution in [0.2, 0.25) is 0 Å². The van der Waals surface area contributed by atoms with Crippen molar-refractivity contribution in [3.05, 3.63) is 40.9 Å². The number of anilines is 1. The van der Waals surface area contributed by atoms with Crippen molar-refractivity contribution in [3.63, 3.8) is 0 Å². The summed E-state index contributed by atoms with van der Waals surface area (Å²) >= 11 is 3.30. The third-order valence-corrected chi connectivity index (χ3v) is 4.42. The largest absolute Gasteiger partial charge is 0.493 e. The Labute approximate surface area is 151 Å². The average molecular weight is 417 g/mol. The molecule has 2 aromatic rings. The standard InChI is InChI=1S/C16H16BrF3N4O/c17-12-8-22-15(23-9-12)24-5-2-11(3-6-24)10-25-13-1-4-21-14(7-13)16(18,19)20/h1,4,7-9,11H,2-3,5-6,10H2. The van der Waals surface area contributed by atoms with Gasteiger partial charge in [-0.3, -0.25) is 4.98 Å². The fraction of sp³-hybridized carbons (Fsp3) is 0.438. The minimum Gasteiger partial charge on any atom is -0.493 e. The summed E-state index contributed by atoms with van der Waals surface area (Å²) in [6.07, 6.45) is 1.81. The van der Waals surface area contributed by atoms with Crippen LogP contribution in [-0.4, -0.2) is 34.6 Å². The zero-order chi connectivity index (χ0) is 17.9. The van der Waals surface area contributed by atoms with Gasteiger partial charge in [-0.2, -0.15) is 13.2 Å². The van der Waals surface area contributed by atoms with Gasteiger partial charge in [-0.15, -0.1) is 0 Å². The maximum absolute atomic E-state index is 12.7. The van der Waals surface area contributed by atoms with Gasteiger partial charge in [-0.25, -0.2) is 9.97 Å². The lowest BCUT2D eigenvalue weighted by molar-refractivity contribution is -0.141. The predicted molar refractivity (Wildman–Crippen MR) is 89.4 cm³/mol. The lowest BCUT2D eigenvalue weighted by atomic mass is 9.98. The monoisotopic (exact) mass is 416 g/mol. The molecule has 0 unspecified atom stereocenters. The van der Waals surface area contributed by atoms with E-state index < -0.39 is 11.9 Å². The van der Waals surface area contributed by atoms with E-state index in [-0.39, 0.29) is 11.7 Å². The van der Waals surface area contributed by atoms with Crippen LogP contribution in [0.5, 0.6) is 5.75 Å². The fourth-order valence-electron chi connectivity index (χ4n) is 2.64. The van der Waals surface area contributed by atoms with Gasteiger partial charge in [-0.1, -0.05) is 0 Å². The summed E-state index contributed by atoms with van der Waals surface area (Å²) in [6.45, 7) is 1.97. The predicted octanol–water partition coefficient (Wildman–Crippen LogP) is 3.95. The summed E-state index contributed by atoms with van der Waals surface area (Å²) in [6, 6.07) is 2.38. The fourth-order valence-corrected chi connectivity index (χ4v) is 2.84. The molecule has 2 aromatic heterocycles. The molecule has 3 heterocycles. The molecule has 0 amide bonds. The lowest BCUT2D eigenvalue weighted by Crippen LogP contribution is -2.36. The van der Waals surface area contributed by atoms with Crippen LogP contribution < -0.4 is 9.64 Å². The number of hydrogen-bond acceptors (Lipinski definition) is 5. The first-order valence-corrected chi connectivity index (χ1v) is 8.59. The van der Waals surface area contributed by atoms with Gasteiger partial charge >= 0.3 is 6.18 Å². The Morgan fingerprint density at radius 3 is 2.48 bits per heavy atom.